The van der Waals surface area contributed by atoms with Gasteiger partial charge in [0.15, 0.2) is 5.96 Å². The molecule has 26 heavy (non-hydrogen) atoms. The fourth-order valence-electron chi connectivity index (χ4n) is 2.79. The third-order valence-electron chi connectivity index (χ3n) is 4.01. The van der Waals surface area contributed by atoms with E-state index in [0.717, 1.165) is 28.6 Å². The first-order valence-electron chi connectivity index (χ1n) is 8.17. The van der Waals surface area contributed by atoms with Crippen LogP contribution < -0.4 is 10.1 Å². The molecule has 7 heteroatoms. The second-order valence-electron chi connectivity index (χ2n) is 5.77. The molecule has 3 aromatic rings. The Kier molecular flexibility index (Phi) is 7.26. The molecule has 3 rings (SSSR count). The number of imidazole rings is 1. The van der Waals surface area contributed by atoms with Crippen LogP contribution in [0.25, 0.3) is 5.65 Å². The van der Waals surface area contributed by atoms with Crippen LogP contribution in [0, 0.1) is 0 Å². The highest BCUT2D eigenvalue weighted by Crippen LogP contribution is 2.18. The van der Waals surface area contributed by atoms with E-state index in [-0.39, 0.29) is 24.0 Å². The molecule has 1 aromatic carbocycles. The van der Waals surface area contributed by atoms with E-state index in [1.165, 1.54) is 0 Å². The summed E-state index contributed by atoms with van der Waals surface area (Å²) in [5.41, 5.74) is 3.03. The van der Waals surface area contributed by atoms with Gasteiger partial charge in [0.1, 0.15) is 11.4 Å². The van der Waals surface area contributed by atoms with Gasteiger partial charge in [0.2, 0.25) is 0 Å². The molecule has 0 aliphatic carbocycles. The number of benzene rings is 1. The average Bonchev–Trinajstić information content (AvgIpc) is 3.05. The molecule has 1 N–H and O–H groups in total. The van der Waals surface area contributed by atoms with E-state index in [1.54, 1.807) is 14.2 Å². The van der Waals surface area contributed by atoms with E-state index >= 15 is 0 Å². The molecule has 2 aromatic heterocycles. The van der Waals surface area contributed by atoms with E-state index in [4.69, 9.17) is 4.74 Å². The van der Waals surface area contributed by atoms with Gasteiger partial charge in [-0.2, -0.15) is 0 Å². The Balaban J connectivity index is 0.00000243. The van der Waals surface area contributed by atoms with Gasteiger partial charge in [-0.3, -0.25) is 4.99 Å². The maximum Gasteiger partial charge on any atom is 0.194 e. The van der Waals surface area contributed by atoms with Crippen LogP contribution in [0.3, 0.4) is 0 Å². The summed E-state index contributed by atoms with van der Waals surface area (Å²) < 4.78 is 7.44. The number of hydrogen-bond acceptors (Lipinski definition) is 3. The number of halogens is 1. The highest BCUT2D eigenvalue weighted by molar-refractivity contribution is 14.0. The summed E-state index contributed by atoms with van der Waals surface area (Å²) in [5.74, 6) is 1.69. The molecule has 138 valence electrons. The smallest absolute Gasteiger partial charge is 0.194 e. The number of methoxy groups -OCH3 is 1. The zero-order chi connectivity index (χ0) is 17.6. The first-order valence-corrected chi connectivity index (χ1v) is 8.17. The van der Waals surface area contributed by atoms with Crippen molar-refractivity contribution in [3.8, 4) is 5.75 Å². The predicted octanol–water partition coefficient (Wildman–Crippen LogP) is 3.17. The van der Waals surface area contributed by atoms with Gasteiger partial charge in [-0.25, -0.2) is 4.98 Å². The Morgan fingerprint density at radius 2 is 2.00 bits per heavy atom. The quantitative estimate of drug-likeness (QED) is 0.358. The molecule has 0 atom stereocenters. The summed E-state index contributed by atoms with van der Waals surface area (Å²) in [4.78, 5) is 11.0. The SMILES string of the molecule is CN=C(NCc1cn2ccccc2n1)N(C)Cc1ccccc1OC.I. The Morgan fingerprint density at radius 3 is 2.73 bits per heavy atom. The lowest BCUT2D eigenvalue weighted by Crippen LogP contribution is -2.38. The second-order valence-corrected chi connectivity index (χ2v) is 5.77. The van der Waals surface area contributed by atoms with Crippen molar-refractivity contribution in [2.45, 2.75) is 13.1 Å². The minimum absolute atomic E-state index is 0. The van der Waals surface area contributed by atoms with Crippen molar-refractivity contribution in [1.29, 1.82) is 0 Å². The monoisotopic (exact) mass is 465 g/mol. The summed E-state index contributed by atoms with van der Waals surface area (Å²) >= 11 is 0. The Labute approximate surface area is 170 Å². The molecule has 0 saturated carbocycles. The van der Waals surface area contributed by atoms with E-state index < -0.39 is 0 Å². The number of guanidine groups is 1. The molecule has 6 nitrogen and oxygen atoms in total. The fraction of sp³-hybridized carbons (Fsp3) is 0.263. The number of nitrogens with zero attached hydrogens (tertiary/aromatic N) is 4. The number of aromatic nitrogens is 2. The van der Waals surface area contributed by atoms with Crippen LogP contribution in [0.4, 0.5) is 0 Å². The minimum Gasteiger partial charge on any atom is -0.496 e. The number of pyridine rings is 1. The van der Waals surface area contributed by atoms with E-state index in [1.807, 2.05) is 60.2 Å². The molecule has 0 fully saturated rings. The molecule has 0 radical (unpaired) electrons. The fourth-order valence-corrected chi connectivity index (χ4v) is 2.79. The van der Waals surface area contributed by atoms with Crippen LogP contribution in [0.1, 0.15) is 11.3 Å². The lowest BCUT2D eigenvalue weighted by Gasteiger charge is -2.22. The van der Waals surface area contributed by atoms with Crippen LogP contribution in [-0.4, -0.2) is 41.4 Å². The number of para-hydroxylation sites is 1. The molecule has 0 aliphatic rings. The van der Waals surface area contributed by atoms with Crippen LogP contribution in [0.5, 0.6) is 5.75 Å². The van der Waals surface area contributed by atoms with E-state index in [0.29, 0.717) is 13.1 Å². The largest absolute Gasteiger partial charge is 0.496 e. The van der Waals surface area contributed by atoms with Crippen molar-refractivity contribution in [3.05, 3.63) is 66.1 Å². The van der Waals surface area contributed by atoms with Gasteiger partial charge in [0, 0.05) is 38.6 Å². The van der Waals surface area contributed by atoms with Crippen molar-refractivity contribution in [2.75, 3.05) is 21.2 Å². The molecule has 0 spiro atoms. The third-order valence-corrected chi connectivity index (χ3v) is 4.01. The second kappa shape index (κ2) is 9.42. The van der Waals surface area contributed by atoms with Gasteiger partial charge in [-0.15, -0.1) is 24.0 Å². The van der Waals surface area contributed by atoms with Crippen molar-refractivity contribution in [1.82, 2.24) is 19.6 Å². The maximum absolute atomic E-state index is 5.42. The van der Waals surface area contributed by atoms with Gasteiger partial charge < -0.3 is 19.4 Å². The maximum atomic E-state index is 5.42. The zero-order valence-corrected chi connectivity index (χ0v) is 17.5. The lowest BCUT2D eigenvalue weighted by molar-refractivity contribution is 0.396. The molecular weight excluding hydrogens is 441 g/mol. The lowest BCUT2D eigenvalue weighted by atomic mass is 10.2. The van der Waals surface area contributed by atoms with Gasteiger partial charge in [-0.05, 0) is 18.2 Å². The van der Waals surface area contributed by atoms with Crippen molar-refractivity contribution < 1.29 is 4.74 Å². The summed E-state index contributed by atoms with van der Waals surface area (Å²) in [6.45, 7) is 1.32. The normalized spacial score (nSPS) is 11.1. The summed E-state index contributed by atoms with van der Waals surface area (Å²) in [6.07, 6.45) is 4.02. The highest BCUT2D eigenvalue weighted by Gasteiger charge is 2.10. The van der Waals surface area contributed by atoms with Crippen LogP contribution in [0.2, 0.25) is 0 Å². The van der Waals surface area contributed by atoms with E-state index in [9.17, 15) is 0 Å². The first kappa shape index (κ1) is 20.0. The molecular formula is C19H24IN5O. The molecule has 0 aliphatic heterocycles. The molecule has 0 amide bonds. The molecule has 0 unspecified atom stereocenters. The number of nitrogens with one attached hydrogen (secondary N) is 1. The standard InChI is InChI=1S/C19H23N5O.HI/c1-20-19(23(2)13-15-8-4-5-9-17(15)25-3)21-12-16-14-24-11-7-6-10-18(24)22-16;/h4-11,14H,12-13H2,1-3H3,(H,20,21);1H. The molecule has 2 heterocycles. The number of ether oxygens (including phenoxy) is 1. The van der Waals surface area contributed by atoms with Crippen molar-refractivity contribution in [3.63, 3.8) is 0 Å². The van der Waals surface area contributed by atoms with Crippen LogP contribution in [0.15, 0.2) is 59.9 Å². The Morgan fingerprint density at radius 1 is 1.23 bits per heavy atom. The van der Waals surface area contributed by atoms with E-state index in [2.05, 4.69) is 26.3 Å². The minimum atomic E-state index is 0. The first-order chi connectivity index (χ1) is 12.2. The molecule has 0 bridgehead atoms. The predicted molar refractivity (Wildman–Crippen MR) is 115 cm³/mol. The number of hydrogen-bond donors (Lipinski definition) is 1. The highest BCUT2D eigenvalue weighted by atomic mass is 127. The van der Waals surface area contributed by atoms with Gasteiger partial charge in [0.25, 0.3) is 0 Å². The van der Waals surface area contributed by atoms with Crippen LogP contribution >= 0.6 is 24.0 Å². The summed E-state index contributed by atoms with van der Waals surface area (Å²) in [6, 6.07) is 14.0. The van der Waals surface area contributed by atoms with Crippen molar-refractivity contribution in [2.24, 2.45) is 4.99 Å². The Hall–Kier alpha value is -2.29. The summed E-state index contributed by atoms with van der Waals surface area (Å²) in [5, 5.41) is 3.36. The van der Waals surface area contributed by atoms with Crippen molar-refractivity contribution >= 4 is 35.6 Å². The van der Waals surface area contributed by atoms with Gasteiger partial charge in [0.05, 0.1) is 19.3 Å². The van der Waals surface area contributed by atoms with Gasteiger partial charge >= 0.3 is 0 Å². The topological polar surface area (TPSA) is 54.2 Å². The Bertz CT molecular complexity index is 844. The molecule has 0 saturated heterocycles. The third kappa shape index (κ3) is 4.66. The van der Waals surface area contributed by atoms with Gasteiger partial charge in [-0.1, -0.05) is 24.3 Å². The van der Waals surface area contributed by atoms with Crippen LogP contribution in [-0.2, 0) is 13.1 Å². The summed E-state index contributed by atoms with van der Waals surface area (Å²) in [7, 11) is 5.48. The average molecular weight is 465 g/mol. The number of rotatable bonds is 5. The zero-order valence-electron chi connectivity index (χ0n) is 15.2. The number of fused-ring (bicyclic) bond motifs is 1. The number of aliphatic imine (C=N–C) groups is 1.